The minimum Gasteiger partial charge on any atom is -0.494 e. The Morgan fingerprint density at radius 2 is 1.77 bits per heavy atom. The highest BCUT2D eigenvalue weighted by Gasteiger charge is 2.02. The van der Waals surface area contributed by atoms with Crippen LogP contribution >= 0.6 is 11.6 Å². The first-order chi connectivity index (χ1) is 10.7. The Balaban J connectivity index is 1.96. The van der Waals surface area contributed by atoms with Gasteiger partial charge in [-0.1, -0.05) is 18.2 Å². The van der Waals surface area contributed by atoms with Crippen LogP contribution in [0.25, 0.3) is 6.08 Å². The quantitative estimate of drug-likeness (QED) is 0.319. The van der Waals surface area contributed by atoms with E-state index < -0.39 is 0 Å². The van der Waals surface area contributed by atoms with Gasteiger partial charge in [-0.2, -0.15) is 0 Å². The van der Waals surface area contributed by atoms with Crippen LogP contribution in [-0.4, -0.2) is 18.3 Å². The van der Waals surface area contributed by atoms with Gasteiger partial charge in [-0.25, -0.2) is 4.39 Å². The molecule has 0 aliphatic carbocycles. The zero-order valence-electron chi connectivity index (χ0n) is 12.0. The van der Waals surface area contributed by atoms with Gasteiger partial charge in [-0.15, -0.1) is 11.6 Å². The van der Waals surface area contributed by atoms with E-state index in [1.54, 1.807) is 42.5 Å². The highest BCUT2D eigenvalue weighted by Crippen LogP contribution is 2.14. The maximum Gasteiger partial charge on any atom is 0.185 e. The number of alkyl halides is 1. The van der Waals surface area contributed by atoms with E-state index in [1.807, 2.05) is 0 Å². The van der Waals surface area contributed by atoms with Crippen LogP contribution in [0.5, 0.6) is 5.75 Å². The minimum absolute atomic E-state index is 0.114. The van der Waals surface area contributed by atoms with E-state index in [4.69, 9.17) is 16.3 Å². The number of hydrogen-bond acceptors (Lipinski definition) is 2. The van der Waals surface area contributed by atoms with Gasteiger partial charge in [0, 0.05) is 11.4 Å². The van der Waals surface area contributed by atoms with Crippen molar-refractivity contribution in [1.82, 2.24) is 0 Å². The van der Waals surface area contributed by atoms with Crippen LogP contribution in [-0.2, 0) is 0 Å². The number of ketones is 1. The molecule has 0 aromatic heterocycles. The van der Waals surface area contributed by atoms with Crippen molar-refractivity contribution < 1.29 is 13.9 Å². The van der Waals surface area contributed by atoms with Crippen LogP contribution in [0.2, 0.25) is 0 Å². The minimum atomic E-state index is -0.298. The molecule has 2 rings (SSSR count). The summed E-state index contributed by atoms with van der Waals surface area (Å²) in [5, 5.41) is 0. The molecule has 0 aliphatic rings. The van der Waals surface area contributed by atoms with Crippen molar-refractivity contribution in [3.8, 4) is 5.75 Å². The lowest BCUT2D eigenvalue weighted by atomic mass is 10.1. The first-order valence-corrected chi connectivity index (χ1v) is 7.49. The fourth-order valence-electron chi connectivity index (χ4n) is 1.80. The van der Waals surface area contributed by atoms with Gasteiger partial charge in [-0.05, 0) is 54.5 Å². The third-order valence-electron chi connectivity index (χ3n) is 2.98. The maximum atomic E-state index is 12.8. The Labute approximate surface area is 134 Å². The molecule has 2 nitrogen and oxygen atoms in total. The molecule has 0 N–H and O–H groups in total. The van der Waals surface area contributed by atoms with Crippen molar-refractivity contribution in [3.05, 3.63) is 71.6 Å². The van der Waals surface area contributed by atoms with Crippen LogP contribution in [0.1, 0.15) is 22.3 Å². The second kappa shape index (κ2) is 8.35. The molecule has 22 heavy (non-hydrogen) atoms. The van der Waals surface area contributed by atoms with E-state index in [9.17, 15) is 9.18 Å². The molecule has 0 bridgehead atoms. The van der Waals surface area contributed by atoms with E-state index in [-0.39, 0.29) is 11.6 Å². The lowest BCUT2D eigenvalue weighted by molar-refractivity contribution is 0.104. The van der Waals surface area contributed by atoms with Crippen LogP contribution in [0.15, 0.2) is 54.6 Å². The maximum absolute atomic E-state index is 12.8. The summed E-state index contributed by atoms with van der Waals surface area (Å²) in [6.45, 7) is 0.557. The molecule has 0 spiro atoms. The van der Waals surface area contributed by atoms with E-state index in [0.717, 1.165) is 12.0 Å². The fourth-order valence-corrected chi connectivity index (χ4v) is 1.91. The summed E-state index contributed by atoms with van der Waals surface area (Å²) in [4.78, 5) is 12.0. The number of hydrogen-bond donors (Lipinski definition) is 0. The molecule has 0 amide bonds. The van der Waals surface area contributed by atoms with Gasteiger partial charge in [0.15, 0.2) is 5.78 Å². The number of halogens is 2. The second-order valence-electron chi connectivity index (χ2n) is 4.66. The van der Waals surface area contributed by atoms with Crippen molar-refractivity contribution in [2.75, 3.05) is 12.5 Å². The Morgan fingerprint density at radius 1 is 1.09 bits per heavy atom. The van der Waals surface area contributed by atoms with Gasteiger partial charge >= 0.3 is 0 Å². The molecular weight excluding hydrogens is 303 g/mol. The summed E-state index contributed by atoms with van der Waals surface area (Å²) in [7, 11) is 0. The van der Waals surface area contributed by atoms with Gasteiger partial charge < -0.3 is 4.74 Å². The summed E-state index contributed by atoms with van der Waals surface area (Å²) in [5.74, 6) is 0.860. The van der Waals surface area contributed by atoms with Crippen molar-refractivity contribution in [2.24, 2.45) is 0 Å². The molecule has 2 aromatic rings. The Morgan fingerprint density at radius 3 is 2.41 bits per heavy atom. The molecule has 0 saturated heterocycles. The second-order valence-corrected chi connectivity index (χ2v) is 5.04. The summed E-state index contributed by atoms with van der Waals surface area (Å²) in [6, 6.07) is 12.9. The molecule has 2 aromatic carbocycles. The summed E-state index contributed by atoms with van der Waals surface area (Å²) in [5.41, 5.74) is 1.35. The predicted molar refractivity (Wildman–Crippen MR) is 87.0 cm³/mol. The van der Waals surface area contributed by atoms with Gasteiger partial charge in [-0.3, -0.25) is 4.79 Å². The monoisotopic (exact) mass is 318 g/mol. The smallest absolute Gasteiger partial charge is 0.185 e. The Kier molecular flexibility index (Phi) is 6.16. The standard InChI is InChI=1S/C18H16ClFO2/c19-12-1-13-22-17-9-5-15(6-10-17)18(21)11-4-14-2-7-16(20)8-3-14/h2-11H,1,12-13H2/b11-4+. The average Bonchev–Trinajstić information content (AvgIpc) is 2.55. The largest absolute Gasteiger partial charge is 0.494 e. The highest BCUT2D eigenvalue weighted by molar-refractivity contribution is 6.17. The van der Waals surface area contributed by atoms with E-state index >= 15 is 0 Å². The number of ether oxygens (including phenoxy) is 1. The van der Waals surface area contributed by atoms with Crippen molar-refractivity contribution >= 4 is 23.5 Å². The topological polar surface area (TPSA) is 26.3 Å². The average molecular weight is 319 g/mol. The molecule has 0 atom stereocenters. The summed E-state index contributed by atoms with van der Waals surface area (Å²) >= 11 is 5.58. The van der Waals surface area contributed by atoms with Crippen LogP contribution in [0.3, 0.4) is 0 Å². The van der Waals surface area contributed by atoms with Crippen molar-refractivity contribution in [1.29, 1.82) is 0 Å². The third kappa shape index (κ3) is 5.01. The summed E-state index contributed by atoms with van der Waals surface area (Å²) < 4.78 is 18.3. The van der Waals surface area contributed by atoms with E-state index in [0.29, 0.717) is 23.8 Å². The number of carbonyl (C=O) groups excluding carboxylic acids is 1. The van der Waals surface area contributed by atoms with E-state index in [2.05, 4.69) is 0 Å². The lowest BCUT2D eigenvalue weighted by Crippen LogP contribution is -1.99. The van der Waals surface area contributed by atoms with Gasteiger partial charge in [0.25, 0.3) is 0 Å². The Bertz CT molecular complexity index is 633. The Hall–Kier alpha value is -2.13. The van der Waals surface area contributed by atoms with Gasteiger partial charge in [0.1, 0.15) is 11.6 Å². The molecule has 114 valence electrons. The zero-order chi connectivity index (χ0) is 15.8. The lowest BCUT2D eigenvalue weighted by Gasteiger charge is -2.05. The zero-order valence-corrected chi connectivity index (χ0v) is 12.7. The van der Waals surface area contributed by atoms with Crippen molar-refractivity contribution in [2.45, 2.75) is 6.42 Å². The molecule has 0 saturated carbocycles. The highest BCUT2D eigenvalue weighted by atomic mass is 35.5. The molecule has 0 fully saturated rings. The number of benzene rings is 2. The van der Waals surface area contributed by atoms with Crippen LogP contribution in [0, 0.1) is 5.82 Å². The number of allylic oxidation sites excluding steroid dienone is 1. The van der Waals surface area contributed by atoms with Crippen LogP contribution in [0.4, 0.5) is 4.39 Å². The molecule has 0 heterocycles. The molecular formula is C18H16ClFO2. The first kappa shape index (κ1) is 16.2. The van der Waals surface area contributed by atoms with Gasteiger partial charge in [0.05, 0.1) is 6.61 Å². The number of carbonyl (C=O) groups is 1. The molecule has 4 heteroatoms. The SMILES string of the molecule is O=C(/C=C/c1ccc(F)cc1)c1ccc(OCCCCl)cc1. The number of rotatable bonds is 7. The first-order valence-electron chi connectivity index (χ1n) is 6.96. The fraction of sp³-hybridized carbons (Fsp3) is 0.167. The molecule has 0 unspecified atom stereocenters. The summed E-state index contributed by atoms with van der Waals surface area (Å²) in [6.07, 6.45) is 3.91. The predicted octanol–water partition coefficient (Wildman–Crippen LogP) is 4.73. The third-order valence-corrected chi connectivity index (χ3v) is 3.25. The van der Waals surface area contributed by atoms with Crippen molar-refractivity contribution in [3.63, 3.8) is 0 Å². The van der Waals surface area contributed by atoms with Crippen LogP contribution < -0.4 is 4.74 Å². The normalized spacial score (nSPS) is 10.8. The van der Waals surface area contributed by atoms with Gasteiger partial charge in [0.2, 0.25) is 0 Å². The molecule has 0 radical (unpaired) electrons. The molecule has 0 aliphatic heterocycles. The van der Waals surface area contributed by atoms with E-state index in [1.165, 1.54) is 18.2 Å².